The summed E-state index contributed by atoms with van der Waals surface area (Å²) in [5.41, 5.74) is 13.2. The fraction of sp³-hybridized carbons (Fsp3) is 0.217. The van der Waals surface area contributed by atoms with Crippen LogP contribution >= 0.6 is 0 Å². The molecule has 0 saturated carbocycles. The molecule has 244 valence electrons. The normalized spacial score (nSPS) is 13.8. The first-order valence-corrected chi connectivity index (χ1v) is 17.6. The molecule has 0 heterocycles. The molecule has 0 bridgehead atoms. The van der Waals surface area contributed by atoms with Gasteiger partial charge in [0.25, 0.3) is 0 Å². The Hall–Kier alpha value is -4.39. The van der Waals surface area contributed by atoms with Crippen LogP contribution < -0.4 is 0 Å². The number of phenols is 2. The summed E-state index contributed by atoms with van der Waals surface area (Å²) in [4.78, 5) is 0. The smallest absolute Gasteiger partial charge is 0.128 e. The van der Waals surface area contributed by atoms with E-state index >= 15 is 0 Å². The number of benzene rings is 6. The standard InChI is InChI=1S/C46H42O2.Mo/c47-45-39(41(31-17-5-1-6-18-31)32-19-7-2-8-20-32)29-35-25-13-15-27-37(35)43(45)44-38-28-16-14-26-36(38)30-40(46(44)48)42(33-21-9-3-10-22-33)34-23-11-4-12-24-34;/h1-12,17-24,29-30,41-42,47-48H,13-16,25-28H2;. The molecule has 2 N–H and O–H groups in total. The van der Waals surface area contributed by atoms with Gasteiger partial charge in [-0.3, -0.25) is 0 Å². The number of hydrogen-bond acceptors (Lipinski definition) is 2. The molecule has 0 amide bonds. The second-order valence-corrected chi connectivity index (χ2v) is 13.6. The number of aryl methyl sites for hydroxylation is 2. The minimum absolute atomic E-state index is 0. The van der Waals surface area contributed by atoms with Crippen molar-refractivity contribution >= 4 is 0 Å². The number of hydrogen-bond donors (Lipinski definition) is 2. The summed E-state index contributed by atoms with van der Waals surface area (Å²) in [5, 5.41) is 25.5. The van der Waals surface area contributed by atoms with Crippen LogP contribution in [-0.2, 0) is 46.7 Å². The van der Waals surface area contributed by atoms with Crippen molar-refractivity contribution in [1.29, 1.82) is 0 Å². The van der Waals surface area contributed by atoms with Crippen molar-refractivity contribution in [2.75, 3.05) is 0 Å². The maximum atomic E-state index is 12.8. The molecule has 2 aliphatic carbocycles. The largest absolute Gasteiger partial charge is 0.507 e. The third kappa shape index (κ3) is 6.28. The second-order valence-electron chi connectivity index (χ2n) is 13.6. The topological polar surface area (TPSA) is 40.5 Å². The molecule has 0 atom stereocenters. The van der Waals surface area contributed by atoms with Crippen LogP contribution in [0.2, 0.25) is 0 Å². The molecule has 2 aliphatic rings. The third-order valence-corrected chi connectivity index (χ3v) is 10.7. The third-order valence-electron chi connectivity index (χ3n) is 10.7. The van der Waals surface area contributed by atoms with Gasteiger partial charge in [0.15, 0.2) is 0 Å². The monoisotopic (exact) mass is 724 g/mol. The van der Waals surface area contributed by atoms with Gasteiger partial charge in [0, 0.05) is 55.2 Å². The zero-order chi connectivity index (χ0) is 32.5. The Morgan fingerprint density at radius 1 is 0.388 bits per heavy atom. The molecule has 0 aliphatic heterocycles. The van der Waals surface area contributed by atoms with Crippen LogP contribution in [0.25, 0.3) is 11.1 Å². The van der Waals surface area contributed by atoms with Gasteiger partial charge in [0.2, 0.25) is 0 Å². The maximum Gasteiger partial charge on any atom is 0.128 e. The number of rotatable bonds is 7. The number of phenolic OH excluding ortho intramolecular Hbond substituents is 2. The van der Waals surface area contributed by atoms with Gasteiger partial charge in [-0.05, 0) is 95.9 Å². The van der Waals surface area contributed by atoms with Gasteiger partial charge >= 0.3 is 0 Å². The quantitative estimate of drug-likeness (QED) is 0.127. The van der Waals surface area contributed by atoms with E-state index in [4.69, 9.17) is 0 Å². The molecule has 0 radical (unpaired) electrons. The predicted octanol–water partition coefficient (Wildman–Crippen LogP) is 10.9. The SMILES string of the molecule is Oc1c(C(c2ccccc2)c2ccccc2)cc2c(c1-c1c(O)c(C(c3ccccc3)c3ccccc3)cc3c1CCCC3)CCCC2.[Mo]. The van der Waals surface area contributed by atoms with Gasteiger partial charge in [-0.15, -0.1) is 0 Å². The minimum atomic E-state index is -0.138. The summed E-state index contributed by atoms with van der Waals surface area (Å²) < 4.78 is 0. The Labute approximate surface area is 304 Å². The average Bonchev–Trinajstić information content (AvgIpc) is 3.15. The summed E-state index contributed by atoms with van der Waals surface area (Å²) in [5.74, 6) is 0.343. The molecule has 2 nitrogen and oxygen atoms in total. The van der Waals surface area contributed by atoms with E-state index in [1.54, 1.807) is 0 Å². The van der Waals surface area contributed by atoms with Gasteiger partial charge in [0.1, 0.15) is 11.5 Å². The van der Waals surface area contributed by atoms with E-state index < -0.39 is 0 Å². The first-order chi connectivity index (χ1) is 23.7. The van der Waals surface area contributed by atoms with E-state index in [1.165, 1.54) is 22.3 Å². The van der Waals surface area contributed by atoms with Crippen LogP contribution in [0.5, 0.6) is 11.5 Å². The summed E-state index contributed by atoms with van der Waals surface area (Å²) in [6.07, 6.45) is 8.19. The molecule has 3 heteroatoms. The summed E-state index contributed by atoms with van der Waals surface area (Å²) >= 11 is 0. The fourth-order valence-corrected chi connectivity index (χ4v) is 8.50. The van der Waals surface area contributed by atoms with Crippen LogP contribution in [0.1, 0.15) is 93.2 Å². The van der Waals surface area contributed by atoms with Gasteiger partial charge in [-0.25, -0.2) is 0 Å². The van der Waals surface area contributed by atoms with Crippen molar-refractivity contribution in [2.45, 2.75) is 63.2 Å². The molecule has 0 aromatic heterocycles. The summed E-state index contributed by atoms with van der Waals surface area (Å²) in [6.45, 7) is 0. The van der Waals surface area contributed by atoms with Crippen LogP contribution in [0.15, 0.2) is 133 Å². The Balaban J connectivity index is 0.00000378. The van der Waals surface area contributed by atoms with E-state index in [9.17, 15) is 10.2 Å². The van der Waals surface area contributed by atoms with Crippen LogP contribution in [0.4, 0.5) is 0 Å². The molecule has 6 aromatic carbocycles. The molecule has 0 saturated heterocycles. The molecular weight excluding hydrogens is 680 g/mol. The average molecular weight is 723 g/mol. The van der Waals surface area contributed by atoms with E-state index in [1.807, 2.05) is 0 Å². The minimum Gasteiger partial charge on any atom is -0.507 e. The summed E-state index contributed by atoms with van der Waals surface area (Å²) in [6, 6.07) is 46.8. The summed E-state index contributed by atoms with van der Waals surface area (Å²) in [7, 11) is 0. The van der Waals surface area contributed by atoms with E-state index in [2.05, 4.69) is 133 Å². The van der Waals surface area contributed by atoms with Crippen LogP contribution in [-0.4, -0.2) is 10.2 Å². The first kappa shape index (κ1) is 33.1. The molecule has 49 heavy (non-hydrogen) atoms. The van der Waals surface area contributed by atoms with E-state index in [-0.39, 0.29) is 32.9 Å². The molecule has 0 spiro atoms. The van der Waals surface area contributed by atoms with Crippen molar-refractivity contribution in [3.05, 3.63) is 189 Å². The van der Waals surface area contributed by atoms with Gasteiger partial charge in [-0.1, -0.05) is 133 Å². The van der Waals surface area contributed by atoms with E-state index in [0.29, 0.717) is 11.5 Å². The van der Waals surface area contributed by atoms with Crippen molar-refractivity contribution in [3.8, 4) is 22.6 Å². The maximum absolute atomic E-state index is 12.8. The van der Waals surface area contributed by atoms with Gasteiger partial charge in [-0.2, -0.15) is 0 Å². The van der Waals surface area contributed by atoms with Crippen LogP contribution in [0.3, 0.4) is 0 Å². The molecule has 8 rings (SSSR count). The molecule has 0 fully saturated rings. The Morgan fingerprint density at radius 2 is 0.673 bits per heavy atom. The number of aromatic hydroxyl groups is 2. The van der Waals surface area contributed by atoms with Crippen molar-refractivity contribution in [3.63, 3.8) is 0 Å². The van der Waals surface area contributed by atoms with E-state index in [0.717, 1.165) is 95.9 Å². The molecule has 0 unspecified atom stereocenters. The van der Waals surface area contributed by atoms with Gasteiger partial charge in [0.05, 0.1) is 0 Å². The van der Waals surface area contributed by atoms with Gasteiger partial charge < -0.3 is 10.2 Å². The zero-order valence-corrected chi connectivity index (χ0v) is 29.8. The fourth-order valence-electron chi connectivity index (χ4n) is 8.50. The Morgan fingerprint density at radius 3 is 0.980 bits per heavy atom. The Bertz CT molecular complexity index is 1810. The van der Waals surface area contributed by atoms with Crippen molar-refractivity contribution in [2.24, 2.45) is 0 Å². The molecular formula is C46H42MoO2. The zero-order valence-electron chi connectivity index (χ0n) is 27.8. The van der Waals surface area contributed by atoms with Crippen LogP contribution in [0, 0.1) is 0 Å². The second kappa shape index (κ2) is 14.6. The first-order valence-electron chi connectivity index (χ1n) is 17.6. The van der Waals surface area contributed by atoms with Crippen molar-refractivity contribution < 1.29 is 31.3 Å². The Kier molecular flexibility index (Phi) is 9.88. The predicted molar refractivity (Wildman–Crippen MR) is 196 cm³/mol. The molecule has 6 aromatic rings. The van der Waals surface area contributed by atoms with Crippen molar-refractivity contribution in [1.82, 2.24) is 0 Å². The number of fused-ring (bicyclic) bond motifs is 2.